The maximum Gasteiger partial charge on any atom is 0.573 e. The van der Waals surface area contributed by atoms with Gasteiger partial charge in [-0.3, -0.25) is 0 Å². The van der Waals surface area contributed by atoms with E-state index in [2.05, 4.69) is 47.3 Å². The highest BCUT2D eigenvalue weighted by Gasteiger charge is 2.31. The van der Waals surface area contributed by atoms with E-state index in [1.807, 2.05) is 18.2 Å². The van der Waals surface area contributed by atoms with E-state index in [-0.39, 0.29) is 5.75 Å². The average molecular weight is 458 g/mol. The number of hydrogen-bond acceptors (Lipinski definition) is 6. The van der Waals surface area contributed by atoms with Crippen molar-refractivity contribution >= 4 is 29.0 Å². The molecule has 0 saturated carbocycles. The van der Waals surface area contributed by atoms with Crippen LogP contribution in [-0.2, 0) is 0 Å². The second kappa shape index (κ2) is 9.63. The molecule has 1 aliphatic heterocycles. The van der Waals surface area contributed by atoms with Gasteiger partial charge in [0.2, 0.25) is 5.95 Å². The lowest BCUT2D eigenvalue weighted by atomic mass is 10.2. The first kappa shape index (κ1) is 22.2. The molecule has 172 valence electrons. The number of aromatic nitrogens is 2. The molecule has 1 saturated heterocycles. The third kappa shape index (κ3) is 6.25. The summed E-state index contributed by atoms with van der Waals surface area (Å²) in [7, 11) is 0. The Morgan fingerprint density at radius 2 is 1.39 bits per heavy atom. The number of nitrogens with one attached hydrogen (secondary N) is 2. The van der Waals surface area contributed by atoms with Crippen molar-refractivity contribution < 1.29 is 22.7 Å². The lowest BCUT2D eigenvalue weighted by Gasteiger charge is -2.36. The number of para-hydroxylation sites is 1. The maximum absolute atomic E-state index is 12.2. The van der Waals surface area contributed by atoms with Crippen molar-refractivity contribution in [3.05, 3.63) is 67.0 Å². The van der Waals surface area contributed by atoms with E-state index in [0.717, 1.165) is 38.3 Å². The highest BCUT2D eigenvalue weighted by atomic mass is 19.4. The molecule has 11 heteroatoms. The monoisotopic (exact) mass is 458 g/mol. The molecule has 2 amide bonds. The molecule has 0 bridgehead atoms. The number of carbonyl (C=O) groups is 1. The molecule has 0 spiro atoms. The Morgan fingerprint density at radius 3 is 2.00 bits per heavy atom. The van der Waals surface area contributed by atoms with Crippen LogP contribution in [0.15, 0.2) is 67.0 Å². The first-order valence-corrected chi connectivity index (χ1v) is 10.2. The predicted octanol–water partition coefficient (Wildman–Crippen LogP) is 4.35. The first-order valence-electron chi connectivity index (χ1n) is 10.2. The van der Waals surface area contributed by atoms with E-state index < -0.39 is 12.4 Å². The van der Waals surface area contributed by atoms with Crippen molar-refractivity contribution in [2.75, 3.05) is 46.6 Å². The summed E-state index contributed by atoms with van der Waals surface area (Å²) in [6, 6.07) is 14.4. The summed E-state index contributed by atoms with van der Waals surface area (Å²) in [5.74, 6) is 0.205. The number of ether oxygens (including phenoxy) is 1. The molecule has 0 unspecified atom stereocenters. The number of piperazine rings is 1. The molecule has 3 aromatic rings. The van der Waals surface area contributed by atoms with Crippen molar-refractivity contribution in [1.29, 1.82) is 0 Å². The van der Waals surface area contributed by atoms with Crippen LogP contribution in [0, 0.1) is 0 Å². The Kier molecular flexibility index (Phi) is 6.48. The van der Waals surface area contributed by atoms with Gasteiger partial charge in [-0.2, -0.15) is 0 Å². The molecule has 2 aromatic carbocycles. The summed E-state index contributed by atoms with van der Waals surface area (Å²) < 4.78 is 40.4. The normalized spacial score (nSPS) is 14.0. The summed E-state index contributed by atoms with van der Waals surface area (Å²) in [6.45, 7) is 3.25. The zero-order valence-electron chi connectivity index (χ0n) is 17.4. The van der Waals surface area contributed by atoms with Crippen molar-refractivity contribution in [3.63, 3.8) is 0 Å². The minimum Gasteiger partial charge on any atom is -0.406 e. The highest BCUT2D eigenvalue weighted by molar-refractivity contribution is 5.99. The Labute approximate surface area is 188 Å². The van der Waals surface area contributed by atoms with Crippen LogP contribution in [0.4, 0.5) is 41.0 Å². The van der Waals surface area contributed by atoms with E-state index in [1.54, 1.807) is 0 Å². The molecule has 0 aliphatic carbocycles. The zero-order chi connectivity index (χ0) is 23.3. The molecule has 33 heavy (non-hydrogen) atoms. The molecule has 1 fully saturated rings. The molecule has 2 heterocycles. The number of carbonyl (C=O) groups excluding carboxylic acids is 1. The van der Waals surface area contributed by atoms with Gasteiger partial charge < -0.3 is 25.2 Å². The molecule has 0 radical (unpaired) electrons. The zero-order valence-corrected chi connectivity index (χ0v) is 17.4. The van der Waals surface area contributed by atoms with E-state index in [1.165, 1.54) is 30.2 Å². The Balaban J connectivity index is 1.27. The molecule has 4 rings (SSSR count). The first-order chi connectivity index (χ1) is 15.9. The van der Waals surface area contributed by atoms with Crippen molar-refractivity contribution in [2.45, 2.75) is 6.36 Å². The molecule has 2 N–H and O–H groups in total. The maximum atomic E-state index is 12.2. The fraction of sp³-hybridized carbons (Fsp3) is 0.227. The van der Waals surface area contributed by atoms with Crippen LogP contribution in [0.2, 0.25) is 0 Å². The van der Waals surface area contributed by atoms with Crippen LogP contribution in [0.3, 0.4) is 0 Å². The van der Waals surface area contributed by atoms with Gasteiger partial charge in [0.25, 0.3) is 0 Å². The van der Waals surface area contributed by atoms with Crippen molar-refractivity contribution in [2.24, 2.45) is 0 Å². The molecular formula is C22H21F3N6O2. The average Bonchev–Trinajstić information content (AvgIpc) is 2.81. The Bertz CT molecular complexity index is 1050. The van der Waals surface area contributed by atoms with Gasteiger partial charge in [0.15, 0.2) is 0 Å². The van der Waals surface area contributed by atoms with Crippen LogP contribution >= 0.6 is 0 Å². The minimum atomic E-state index is -4.77. The summed E-state index contributed by atoms with van der Waals surface area (Å²) in [5, 5.41) is 5.11. The summed E-state index contributed by atoms with van der Waals surface area (Å²) in [6.07, 6.45) is -1.76. The molecular weight excluding hydrogens is 437 g/mol. The number of amides is 2. The number of hydrogen-bond donors (Lipinski definition) is 2. The quantitative estimate of drug-likeness (QED) is 0.592. The van der Waals surface area contributed by atoms with Gasteiger partial charge in [0.1, 0.15) is 5.75 Å². The van der Waals surface area contributed by atoms with Crippen LogP contribution in [0.5, 0.6) is 5.75 Å². The Hall–Kier alpha value is -4.02. The van der Waals surface area contributed by atoms with E-state index >= 15 is 0 Å². The van der Waals surface area contributed by atoms with Gasteiger partial charge in [0.05, 0.1) is 18.1 Å². The molecule has 1 aromatic heterocycles. The second-order valence-electron chi connectivity index (χ2n) is 7.23. The minimum absolute atomic E-state index is 0.302. The lowest BCUT2D eigenvalue weighted by Crippen LogP contribution is -2.47. The van der Waals surface area contributed by atoms with Gasteiger partial charge in [-0.05, 0) is 36.4 Å². The predicted molar refractivity (Wildman–Crippen MR) is 119 cm³/mol. The number of halogens is 3. The van der Waals surface area contributed by atoms with E-state index in [4.69, 9.17) is 0 Å². The standard InChI is InChI=1S/C22H21F3N6O2/c23-22(24,25)33-19-8-6-16(7-9-19)28-21(32)29-17-14-26-20(27-15-17)31-12-10-30(11-13-31)18-4-2-1-3-5-18/h1-9,14-15H,10-13H2,(H2,28,29,32). The van der Waals surface area contributed by atoms with Gasteiger partial charge in [-0.1, -0.05) is 18.2 Å². The van der Waals surface area contributed by atoms with Crippen LogP contribution in [-0.4, -0.2) is 48.5 Å². The van der Waals surface area contributed by atoms with E-state index in [0.29, 0.717) is 17.3 Å². The molecule has 1 aliphatic rings. The largest absolute Gasteiger partial charge is 0.573 e. The number of rotatable bonds is 5. The topological polar surface area (TPSA) is 82.6 Å². The van der Waals surface area contributed by atoms with Crippen LogP contribution in [0.25, 0.3) is 0 Å². The number of alkyl halides is 3. The fourth-order valence-electron chi connectivity index (χ4n) is 3.39. The summed E-state index contributed by atoms with van der Waals surface area (Å²) >= 11 is 0. The third-order valence-electron chi connectivity index (χ3n) is 4.93. The lowest BCUT2D eigenvalue weighted by molar-refractivity contribution is -0.274. The number of urea groups is 1. The Morgan fingerprint density at radius 1 is 0.818 bits per heavy atom. The van der Waals surface area contributed by atoms with Crippen LogP contribution < -0.4 is 25.2 Å². The molecule has 8 nitrogen and oxygen atoms in total. The van der Waals surface area contributed by atoms with Gasteiger partial charge in [0, 0.05) is 37.6 Å². The van der Waals surface area contributed by atoms with E-state index in [9.17, 15) is 18.0 Å². The fourth-order valence-corrected chi connectivity index (χ4v) is 3.39. The molecule has 0 atom stereocenters. The van der Waals surface area contributed by atoms with Crippen molar-refractivity contribution in [3.8, 4) is 5.75 Å². The number of anilines is 4. The third-order valence-corrected chi connectivity index (χ3v) is 4.93. The van der Waals surface area contributed by atoms with Gasteiger partial charge >= 0.3 is 12.4 Å². The summed E-state index contributed by atoms with van der Waals surface area (Å²) in [5.41, 5.74) is 1.87. The number of benzene rings is 2. The second-order valence-corrected chi connectivity index (χ2v) is 7.23. The van der Waals surface area contributed by atoms with Crippen LogP contribution in [0.1, 0.15) is 0 Å². The van der Waals surface area contributed by atoms with Gasteiger partial charge in [-0.15, -0.1) is 13.2 Å². The highest BCUT2D eigenvalue weighted by Crippen LogP contribution is 2.24. The SMILES string of the molecule is O=C(Nc1ccc(OC(F)(F)F)cc1)Nc1cnc(N2CCN(c3ccccc3)CC2)nc1. The summed E-state index contributed by atoms with van der Waals surface area (Å²) in [4.78, 5) is 25.2. The smallest absolute Gasteiger partial charge is 0.406 e. The van der Waals surface area contributed by atoms with Crippen molar-refractivity contribution in [1.82, 2.24) is 9.97 Å². The number of nitrogens with zero attached hydrogens (tertiary/aromatic N) is 4. The van der Waals surface area contributed by atoms with Gasteiger partial charge in [-0.25, -0.2) is 14.8 Å².